The highest BCUT2D eigenvalue weighted by Gasteiger charge is 2.24. The monoisotopic (exact) mass is 383 g/mol. The van der Waals surface area contributed by atoms with Gasteiger partial charge in [0.2, 0.25) is 0 Å². The molecule has 1 aliphatic rings. The Morgan fingerprint density at radius 3 is 2.83 bits per heavy atom. The predicted octanol–water partition coefficient (Wildman–Crippen LogP) is 2.51. The molecule has 1 fully saturated rings. The zero-order valence-corrected chi connectivity index (χ0v) is 15.5. The number of rotatable bonds is 7. The van der Waals surface area contributed by atoms with E-state index in [0.717, 1.165) is 43.1 Å². The minimum Gasteiger partial charge on any atom is -0.382 e. The third-order valence-corrected chi connectivity index (χ3v) is 4.48. The number of guanidine groups is 1. The van der Waals surface area contributed by atoms with Crippen LogP contribution in [0.1, 0.15) is 12.0 Å². The molecular formula is C17H26BrN3O2. The van der Waals surface area contributed by atoms with Crippen LogP contribution < -0.4 is 5.32 Å². The highest BCUT2D eigenvalue weighted by Crippen LogP contribution is 2.17. The van der Waals surface area contributed by atoms with Crippen LogP contribution in [0.2, 0.25) is 0 Å². The van der Waals surface area contributed by atoms with Gasteiger partial charge in [0.25, 0.3) is 0 Å². The van der Waals surface area contributed by atoms with E-state index in [4.69, 9.17) is 9.47 Å². The average molecular weight is 384 g/mol. The Morgan fingerprint density at radius 1 is 1.35 bits per heavy atom. The molecule has 1 atom stereocenters. The summed E-state index contributed by atoms with van der Waals surface area (Å²) < 4.78 is 11.7. The molecule has 1 aromatic rings. The molecule has 0 aromatic heterocycles. The van der Waals surface area contributed by atoms with Crippen LogP contribution in [0.4, 0.5) is 0 Å². The summed E-state index contributed by atoms with van der Waals surface area (Å²) in [6.07, 6.45) is 1.14. The second-order valence-corrected chi connectivity index (χ2v) is 6.61. The van der Waals surface area contributed by atoms with Crippen molar-refractivity contribution in [3.05, 3.63) is 34.3 Å². The summed E-state index contributed by atoms with van der Waals surface area (Å²) in [4.78, 5) is 6.72. The van der Waals surface area contributed by atoms with Gasteiger partial charge >= 0.3 is 0 Å². The van der Waals surface area contributed by atoms with Gasteiger partial charge in [-0.25, -0.2) is 0 Å². The fourth-order valence-electron chi connectivity index (χ4n) is 2.67. The summed E-state index contributed by atoms with van der Waals surface area (Å²) in [6, 6.07) is 8.34. The van der Waals surface area contributed by atoms with E-state index in [1.165, 1.54) is 5.56 Å². The van der Waals surface area contributed by atoms with Crippen LogP contribution in [-0.2, 0) is 16.0 Å². The third-order valence-electron chi connectivity index (χ3n) is 3.95. The lowest BCUT2D eigenvalue weighted by atomic mass is 10.1. The lowest BCUT2D eigenvalue weighted by Crippen LogP contribution is -2.39. The molecular weight excluding hydrogens is 358 g/mol. The van der Waals surface area contributed by atoms with Crippen LogP contribution in [0, 0.1) is 5.92 Å². The molecule has 1 unspecified atom stereocenters. The van der Waals surface area contributed by atoms with E-state index in [1.807, 2.05) is 7.05 Å². The first-order chi connectivity index (χ1) is 11.2. The molecule has 0 spiro atoms. The van der Waals surface area contributed by atoms with Crippen molar-refractivity contribution in [3.63, 3.8) is 0 Å². The van der Waals surface area contributed by atoms with Crippen LogP contribution in [0.5, 0.6) is 0 Å². The molecule has 1 heterocycles. The smallest absolute Gasteiger partial charge is 0.193 e. The van der Waals surface area contributed by atoms with E-state index < -0.39 is 0 Å². The van der Waals surface area contributed by atoms with E-state index in [-0.39, 0.29) is 0 Å². The van der Waals surface area contributed by atoms with Crippen LogP contribution in [0.15, 0.2) is 33.7 Å². The van der Waals surface area contributed by atoms with Crippen LogP contribution in [0.3, 0.4) is 0 Å². The summed E-state index contributed by atoms with van der Waals surface area (Å²) in [5.41, 5.74) is 1.24. The number of hydrogen-bond donors (Lipinski definition) is 1. The number of likely N-dealkylation sites (tertiary alicyclic amines) is 1. The Bertz CT molecular complexity index is 493. The molecule has 0 radical (unpaired) electrons. The standard InChI is InChI=1S/C17H26BrN3O2/c1-19-17(20-11-14-3-5-16(18)6-4-14)21-8-7-15(12-21)13-23-10-9-22-2/h3-6,15H,7-13H2,1-2H3,(H,19,20). The summed E-state index contributed by atoms with van der Waals surface area (Å²) >= 11 is 3.46. The van der Waals surface area contributed by atoms with Crippen molar-refractivity contribution in [2.24, 2.45) is 10.9 Å². The van der Waals surface area contributed by atoms with Gasteiger partial charge in [-0.15, -0.1) is 0 Å². The molecule has 23 heavy (non-hydrogen) atoms. The fraction of sp³-hybridized carbons (Fsp3) is 0.588. The van der Waals surface area contributed by atoms with Gasteiger partial charge in [-0.2, -0.15) is 0 Å². The van der Waals surface area contributed by atoms with Gasteiger partial charge in [0.1, 0.15) is 0 Å². The summed E-state index contributed by atoms with van der Waals surface area (Å²) in [7, 11) is 3.54. The Morgan fingerprint density at radius 2 is 2.13 bits per heavy atom. The second kappa shape index (κ2) is 9.90. The third kappa shape index (κ3) is 6.12. The van der Waals surface area contributed by atoms with Gasteiger partial charge < -0.3 is 19.7 Å². The second-order valence-electron chi connectivity index (χ2n) is 5.70. The molecule has 1 aromatic carbocycles. The van der Waals surface area contributed by atoms with Gasteiger partial charge in [-0.1, -0.05) is 28.1 Å². The van der Waals surface area contributed by atoms with E-state index in [0.29, 0.717) is 19.1 Å². The maximum Gasteiger partial charge on any atom is 0.193 e. The molecule has 6 heteroatoms. The Balaban J connectivity index is 1.75. The molecule has 0 saturated carbocycles. The summed E-state index contributed by atoms with van der Waals surface area (Å²) in [5.74, 6) is 1.53. The van der Waals surface area contributed by atoms with Gasteiger partial charge in [0, 0.05) is 44.2 Å². The van der Waals surface area contributed by atoms with Gasteiger partial charge in [0.05, 0.1) is 19.8 Å². The first-order valence-electron chi connectivity index (χ1n) is 7.99. The number of halogens is 1. The van der Waals surface area contributed by atoms with Crippen molar-refractivity contribution in [3.8, 4) is 0 Å². The molecule has 1 aliphatic heterocycles. The zero-order valence-electron chi connectivity index (χ0n) is 13.9. The largest absolute Gasteiger partial charge is 0.382 e. The normalized spacial score (nSPS) is 18.5. The van der Waals surface area contributed by atoms with Crippen LogP contribution in [0.25, 0.3) is 0 Å². The number of methoxy groups -OCH3 is 1. The molecule has 2 rings (SSSR count). The van der Waals surface area contributed by atoms with Crippen LogP contribution in [-0.4, -0.2) is 57.9 Å². The molecule has 0 aliphatic carbocycles. The Hall–Kier alpha value is -1.11. The van der Waals surface area contributed by atoms with Crippen molar-refractivity contribution in [1.29, 1.82) is 0 Å². The summed E-state index contributed by atoms with van der Waals surface area (Å²) in [6.45, 7) is 4.93. The number of benzene rings is 1. The molecule has 0 amide bonds. The van der Waals surface area contributed by atoms with Crippen molar-refractivity contribution < 1.29 is 9.47 Å². The highest BCUT2D eigenvalue weighted by atomic mass is 79.9. The number of ether oxygens (including phenoxy) is 2. The molecule has 5 nitrogen and oxygen atoms in total. The van der Waals surface area contributed by atoms with Crippen molar-refractivity contribution in [2.75, 3.05) is 47.1 Å². The highest BCUT2D eigenvalue weighted by molar-refractivity contribution is 9.10. The van der Waals surface area contributed by atoms with Crippen molar-refractivity contribution in [2.45, 2.75) is 13.0 Å². The lowest BCUT2D eigenvalue weighted by Gasteiger charge is -2.21. The maximum absolute atomic E-state index is 5.64. The van der Waals surface area contributed by atoms with Crippen LogP contribution >= 0.6 is 15.9 Å². The average Bonchev–Trinajstić information content (AvgIpc) is 3.03. The Labute approximate surface area is 147 Å². The van der Waals surface area contributed by atoms with Gasteiger partial charge in [-0.3, -0.25) is 4.99 Å². The number of hydrogen-bond acceptors (Lipinski definition) is 3. The van der Waals surface area contributed by atoms with Crippen molar-refractivity contribution >= 4 is 21.9 Å². The van der Waals surface area contributed by atoms with E-state index in [2.05, 4.69) is 55.4 Å². The van der Waals surface area contributed by atoms with Gasteiger partial charge in [0.15, 0.2) is 5.96 Å². The minimum atomic E-state index is 0.568. The maximum atomic E-state index is 5.64. The first kappa shape index (κ1) is 18.2. The predicted molar refractivity (Wildman–Crippen MR) is 96.7 cm³/mol. The van der Waals surface area contributed by atoms with Gasteiger partial charge in [-0.05, 0) is 24.1 Å². The first-order valence-corrected chi connectivity index (χ1v) is 8.79. The SMILES string of the molecule is CN=C(NCc1ccc(Br)cc1)N1CCC(COCCOC)C1. The minimum absolute atomic E-state index is 0.568. The number of nitrogens with zero attached hydrogens (tertiary/aromatic N) is 2. The molecule has 0 bridgehead atoms. The van der Waals surface area contributed by atoms with E-state index >= 15 is 0 Å². The number of aliphatic imine (C=N–C) groups is 1. The lowest BCUT2D eigenvalue weighted by molar-refractivity contribution is 0.0536. The Kier molecular flexibility index (Phi) is 7.85. The quantitative estimate of drug-likeness (QED) is 0.446. The topological polar surface area (TPSA) is 46.1 Å². The van der Waals surface area contributed by atoms with E-state index in [9.17, 15) is 0 Å². The molecule has 128 valence electrons. The molecule has 1 N–H and O–H groups in total. The van der Waals surface area contributed by atoms with E-state index in [1.54, 1.807) is 7.11 Å². The zero-order chi connectivity index (χ0) is 16.5. The molecule has 1 saturated heterocycles. The summed E-state index contributed by atoms with van der Waals surface area (Å²) in [5, 5.41) is 3.44. The number of nitrogens with one attached hydrogen (secondary N) is 1. The fourth-order valence-corrected chi connectivity index (χ4v) is 2.93. The van der Waals surface area contributed by atoms with Crippen molar-refractivity contribution in [1.82, 2.24) is 10.2 Å².